The van der Waals surface area contributed by atoms with Gasteiger partial charge in [-0.1, -0.05) is 36.8 Å². The summed E-state index contributed by atoms with van der Waals surface area (Å²) in [7, 11) is 0. The van der Waals surface area contributed by atoms with Crippen molar-refractivity contribution in [2.45, 2.75) is 32.2 Å². The maximum absolute atomic E-state index is 14.2. The Bertz CT molecular complexity index is 1200. The number of carbonyl (C=O) groups excluding carboxylic acids is 1. The monoisotopic (exact) mass is 433 g/mol. The topological polar surface area (TPSA) is 46.9 Å². The van der Waals surface area contributed by atoms with Crippen LogP contribution in [0.15, 0.2) is 72.8 Å². The van der Waals surface area contributed by atoms with Crippen molar-refractivity contribution in [2.24, 2.45) is 0 Å². The Balaban J connectivity index is 1.33. The van der Waals surface area contributed by atoms with Gasteiger partial charge in [-0.05, 0) is 55.3 Å². The number of hydrogen-bond acceptors (Lipinski definition) is 2. The minimum Gasteiger partial charge on any atom is -0.352 e. The molecule has 0 aliphatic rings. The number of hydrogen-bond donors (Lipinski definition) is 1. The third-order valence-electron chi connectivity index (χ3n) is 5.49. The highest BCUT2D eigenvalue weighted by molar-refractivity contribution is 5.94. The van der Waals surface area contributed by atoms with E-state index in [0.29, 0.717) is 24.2 Å². The Labute approximate surface area is 185 Å². The van der Waals surface area contributed by atoms with Gasteiger partial charge >= 0.3 is 0 Å². The van der Waals surface area contributed by atoms with E-state index in [4.69, 9.17) is 4.98 Å². The minimum atomic E-state index is -0.359. The molecule has 0 saturated carbocycles. The average Bonchev–Trinajstić information content (AvgIpc) is 3.15. The lowest BCUT2D eigenvalue weighted by Gasteiger charge is -2.10. The fraction of sp³-hybridized carbons (Fsp3) is 0.231. The molecule has 1 heterocycles. The molecule has 4 rings (SSSR count). The molecule has 32 heavy (non-hydrogen) atoms. The van der Waals surface area contributed by atoms with Crippen LogP contribution in [0.25, 0.3) is 11.0 Å². The number of amides is 1. The Hall–Kier alpha value is -3.54. The van der Waals surface area contributed by atoms with Gasteiger partial charge in [0, 0.05) is 24.1 Å². The van der Waals surface area contributed by atoms with E-state index in [2.05, 4.69) is 9.88 Å². The van der Waals surface area contributed by atoms with Gasteiger partial charge in [0.2, 0.25) is 0 Å². The quantitative estimate of drug-likeness (QED) is 0.354. The number of para-hydroxylation sites is 2. The number of rotatable bonds is 9. The van der Waals surface area contributed by atoms with E-state index in [1.54, 1.807) is 12.1 Å². The second-order valence-electron chi connectivity index (χ2n) is 7.77. The summed E-state index contributed by atoms with van der Waals surface area (Å²) in [6, 6.07) is 20.2. The standard InChI is InChI=1S/C26H25F2N3O/c27-21-15-13-19(14-16-21)26(32)29-17-7-1-2-12-25-30-23-10-5-6-11-24(23)31(25)18-20-8-3-4-9-22(20)28/h3-6,8-11,13-16H,1-2,7,12,17-18H2,(H,29,32). The van der Waals surface area contributed by atoms with Crippen LogP contribution in [0.3, 0.4) is 0 Å². The van der Waals surface area contributed by atoms with Crippen molar-refractivity contribution < 1.29 is 13.6 Å². The second-order valence-corrected chi connectivity index (χ2v) is 7.77. The first kappa shape index (κ1) is 21.7. The van der Waals surface area contributed by atoms with Crippen molar-refractivity contribution in [2.75, 3.05) is 6.54 Å². The molecule has 1 amide bonds. The van der Waals surface area contributed by atoms with E-state index >= 15 is 0 Å². The molecule has 0 aliphatic carbocycles. The van der Waals surface area contributed by atoms with Gasteiger partial charge in [0.1, 0.15) is 17.5 Å². The molecule has 0 bridgehead atoms. The molecule has 4 nitrogen and oxygen atoms in total. The highest BCUT2D eigenvalue weighted by Crippen LogP contribution is 2.20. The molecule has 0 radical (unpaired) electrons. The van der Waals surface area contributed by atoms with Crippen molar-refractivity contribution >= 4 is 16.9 Å². The highest BCUT2D eigenvalue weighted by atomic mass is 19.1. The number of nitrogens with zero attached hydrogens (tertiary/aromatic N) is 2. The maximum Gasteiger partial charge on any atom is 0.251 e. The van der Waals surface area contributed by atoms with Crippen LogP contribution in [0.2, 0.25) is 0 Å². The van der Waals surface area contributed by atoms with Crippen LogP contribution in [0, 0.1) is 11.6 Å². The van der Waals surface area contributed by atoms with Crippen molar-refractivity contribution in [1.82, 2.24) is 14.9 Å². The Kier molecular flexibility index (Phi) is 6.90. The van der Waals surface area contributed by atoms with E-state index in [0.717, 1.165) is 42.5 Å². The van der Waals surface area contributed by atoms with Gasteiger partial charge in [-0.25, -0.2) is 13.8 Å². The number of aromatic nitrogens is 2. The minimum absolute atomic E-state index is 0.198. The first-order valence-corrected chi connectivity index (χ1v) is 10.8. The summed E-state index contributed by atoms with van der Waals surface area (Å²) in [6.07, 6.45) is 3.44. The van der Waals surface area contributed by atoms with E-state index in [-0.39, 0.29) is 17.5 Å². The van der Waals surface area contributed by atoms with Crippen LogP contribution < -0.4 is 5.32 Å². The number of carbonyl (C=O) groups is 1. The van der Waals surface area contributed by atoms with E-state index in [9.17, 15) is 13.6 Å². The van der Waals surface area contributed by atoms with Gasteiger partial charge in [0.25, 0.3) is 5.91 Å². The zero-order valence-corrected chi connectivity index (χ0v) is 17.7. The maximum atomic E-state index is 14.2. The molecule has 6 heteroatoms. The van der Waals surface area contributed by atoms with Gasteiger partial charge in [0.15, 0.2) is 0 Å². The molecule has 0 unspecified atom stereocenters. The van der Waals surface area contributed by atoms with Crippen LogP contribution in [-0.4, -0.2) is 22.0 Å². The van der Waals surface area contributed by atoms with Crippen LogP contribution in [0.5, 0.6) is 0 Å². The summed E-state index contributed by atoms with van der Waals surface area (Å²) in [4.78, 5) is 16.8. The fourth-order valence-electron chi connectivity index (χ4n) is 3.78. The first-order valence-electron chi connectivity index (χ1n) is 10.8. The summed E-state index contributed by atoms with van der Waals surface area (Å²) in [5.74, 6) is 0.164. The van der Waals surface area contributed by atoms with E-state index < -0.39 is 0 Å². The van der Waals surface area contributed by atoms with Gasteiger partial charge in [-0.3, -0.25) is 4.79 Å². The number of halogens is 2. The summed E-state index contributed by atoms with van der Waals surface area (Å²) >= 11 is 0. The molecular formula is C26H25F2N3O. The molecule has 4 aromatic rings. The largest absolute Gasteiger partial charge is 0.352 e. The normalized spacial score (nSPS) is 11.1. The average molecular weight is 434 g/mol. The number of fused-ring (bicyclic) bond motifs is 1. The van der Waals surface area contributed by atoms with E-state index in [1.807, 2.05) is 30.3 Å². The third kappa shape index (κ3) is 5.19. The van der Waals surface area contributed by atoms with Gasteiger partial charge in [-0.15, -0.1) is 0 Å². The number of unbranched alkanes of at least 4 members (excludes halogenated alkanes) is 2. The number of benzene rings is 3. The SMILES string of the molecule is O=C(NCCCCCc1nc2ccccc2n1Cc1ccccc1F)c1ccc(F)cc1. The van der Waals surface area contributed by atoms with Crippen LogP contribution in [0.1, 0.15) is 41.0 Å². The molecule has 1 aromatic heterocycles. The molecule has 0 spiro atoms. The second kappa shape index (κ2) is 10.2. The molecule has 164 valence electrons. The predicted octanol–water partition coefficient (Wildman–Crippen LogP) is 5.51. The van der Waals surface area contributed by atoms with Crippen molar-refractivity contribution in [1.29, 1.82) is 0 Å². The van der Waals surface area contributed by atoms with Crippen LogP contribution in [-0.2, 0) is 13.0 Å². The summed E-state index contributed by atoms with van der Waals surface area (Å²) in [5.41, 5.74) is 3.00. The zero-order chi connectivity index (χ0) is 22.3. The molecule has 0 fully saturated rings. The number of imidazole rings is 1. The zero-order valence-electron chi connectivity index (χ0n) is 17.7. The smallest absolute Gasteiger partial charge is 0.251 e. The molecule has 0 saturated heterocycles. The Morgan fingerprint density at radius 1 is 0.875 bits per heavy atom. The Morgan fingerprint density at radius 2 is 1.62 bits per heavy atom. The predicted molar refractivity (Wildman–Crippen MR) is 122 cm³/mol. The summed E-state index contributed by atoms with van der Waals surface area (Å²) < 4.78 is 29.3. The first-order chi connectivity index (χ1) is 15.6. The highest BCUT2D eigenvalue weighted by Gasteiger charge is 2.12. The third-order valence-corrected chi connectivity index (χ3v) is 5.49. The number of aryl methyl sites for hydroxylation is 1. The van der Waals surface area contributed by atoms with Crippen LogP contribution >= 0.6 is 0 Å². The van der Waals surface area contributed by atoms with Crippen molar-refractivity contribution in [3.8, 4) is 0 Å². The summed E-state index contributed by atoms with van der Waals surface area (Å²) in [6.45, 7) is 0.998. The Morgan fingerprint density at radius 3 is 2.44 bits per heavy atom. The number of nitrogens with one attached hydrogen (secondary N) is 1. The van der Waals surface area contributed by atoms with E-state index in [1.165, 1.54) is 30.3 Å². The van der Waals surface area contributed by atoms with Crippen molar-refractivity contribution in [3.05, 3.63) is 101 Å². The lowest BCUT2D eigenvalue weighted by Crippen LogP contribution is -2.24. The van der Waals surface area contributed by atoms with Gasteiger partial charge in [0.05, 0.1) is 17.6 Å². The van der Waals surface area contributed by atoms with Crippen LogP contribution in [0.4, 0.5) is 8.78 Å². The van der Waals surface area contributed by atoms with Gasteiger partial charge < -0.3 is 9.88 Å². The summed E-state index contributed by atoms with van der Waals surface area (Å²) in [5, 5.41) is 2.86. The molecule has 0 aliphatic heterocycles. The molecule has 3 aromatic carbocycles. The molecule has 1 N–H and O–H groups in total. The van der Waals surface area contributed by atoms with Crippen molar-refractivity contribution in [3.63, 3.8) is 0 Å². The van der Waals surface area contributed by atoms with Gasteiger partial charge in [-0.2, -0.15) is 0 Å². The fourth-order valence-corrected chi connectivity index (χ4v) is 3.78. The lowest BCUT2D eigenvalue weighted by atomic mass is 10.1. The molecular weight excluding hydrogens is 408 g/mol. The lowest BCUT2D eigenvalue weighted by molar-refractivity contribution is 0.0953. The molecule has 0 atom stereocenters.